The minimum atomic E-state index is -0.992. The van der Waals surface area contributed by atoms with Crippen LogP contribution in [0.5, 0.6) is 0 Å². The Kier molecular flexibility index (Phi) is 5.63. The molecule has 2 amide bonds. The molecule has 1 aliphatic rings. The van der Waals surface area contributed by atoms with Crippen LogP contribution in [0.25, 0.3) is 0 Å². The molecular formula is C14H26N2O3. The molecule has 0 radical (unpaired) electrons. The van der Waals surface area contributed by atoms with E-state index >= 15 is 0 Å². The quantitative estimate of drug-likeness (QED) is 0.779. The lowest BCUT2D eigenvalue weighted by Crippen LogP contribution is -2.56. The third-order valence-electron chi connectivity index (χ3n) is 4.09. The second-order valence-corrected chi connectivity index (χ2v) is 5.54. The van der Waals surface area contributed by atoms with Gasteiger partial charge in [-0.3, -0.25) is 0 Å². The number of hydrogen-bond acceptors (Lipinski definition) is 2. The van der Waals surface area contributed by atoms with Crippen LogP contribution in [0.3, 0.4) is 0 Å². The Morgan fingerprint density at radius 1 is 1.42 bits per heavy atom. The summed E-state index contributed by atoms with van der Waals surface area (Å²) < 4.78 is 0. The van der Waals surface area contributed by atoms with Gasteiger partial charge < -0.3 is 15.3 Å². The number of hydrogen-bond donors (Lipinski definition) is 2. The van der Waals surface area contributed by atoms with Crippen molar-refractivity contribution in [2.24, 2.45) is 5.92 Å². The van der Waals surface area contributed by atoms with Gasteiger partial charge in [-0.05, 0) is 25.2 Å². The van der Waals surface area contributed by atoms with Crippen molar-refractivity contribution in [3.63, 3.8) is 0 Å². The number of amides is 2. The Bertz CT molecular complexity index is 333. The van der Waals surface area contributed by atoms with Gasteiger partial charge in [0, 0.05) is 13.1 Å². The fraction of sp³-hybridized carbons (Fsp3) is 0.857. The van der Waals surface area contributed by atoms with Crippen LogP contribution in [-0.4, -0.2) is 40.6 Å². The van der Waals surface area contributed by atoms with E-state index in [0.717, 1.165) is 19.3 Å². The summed E-state index contributed by atoms with van der Waals surface area (Å²) in [5.74, 6) is -0.456. The number of carbonyl (C=O) groups excluding carboxylic acids is 1. The van der Waals surface area contributed by atoms with Crippen molar-refractivity contribution in [3.05, 3.63) is 0 Å². The normalized spacial score (nSPS) is 24.3. The fourth-order valence-electron chi connectivity index (χ4n) is 2.68. The number of carboxylic acid groups (broad SMARTS) is 1. The Balaban J connectivity index is 2.73. The van der Waals surface area contributed by atoms with E-state index in [1.54, 1.807) is 0 Å². The van der Waals surface area contributed by atoms with Gasteiger partial charge in [-0.1, -0.05) is 33.6 Å². The third kappa shape index (κ3) is 3.39. The summed E-state index contributed by atoms with van der Waals surface area (Å²) in [6.45, 7) is 7.25. The molecule has 1 rings (SSSR count). The van der Waals surface area contributed by atoms with Crippen molar-refractivity contribution < 1.29 is 14.7 Å². The van der Waals surface area contributed by atoms with Crippen LogP contribution >= 0.6 is 0 Å². The largest absolute Gasteiger partial charge is 0.479 e. The van der Waals surface area contributed by atoms with Gasteiger partial charge in [0.2, 0.25) is 0 Å². The standard InChI is InChI=1S/C14H26N2O3/c1-4-7-14(12(17)18)8-6-9-16(14)13(19)15-10-11(3)5-2/h11H,4-10H2,1-3H3,(H,15,19)(H,17,18). The van der Waals surface area contributed by atoms with E-state index in [2.05, 4.69) is 19.2 Å². The molecule has 1 aliphatic heterocycles. The average molecular weight is 270 g/mol. The van der Waals surface area contributed by atoms with Crippen LogP contribution < -0.4 is 5.32 Å². The van der Waals surface area contributed by atoms with E-state index in [-0.39, 0.29) is 6.03 Å². The van der Waals surface area contributed by atoms with E-state index in [1.165, 1.54) is 4.90 Å². The lowest BCUT2D eigenvalue weighted by atomic mass is 9.91. The first-order valence-corrected chi connectivity index (χ1v) is 7.26. The van der Waals surface area contributed by atoms with Crippen LogP contribution in [0.2, 0.25) is 0 Å². The van der Waals surface area contributed by atoms with Crippen molar-refractivity contribution in [1.82, 2.24) is 10.2 Å². The van der Waals surface area contributed by atoms with Crippen molar-refractivity contribution >= 4 is 12.0 Å². The molecule has 0 aromatic carbocycles. The number of urea groups is 1. The number of carbonyl (C=O) groups is 2. The summed E-state index contributed by atoms with van der Waals surface area (Å²) in [5, 5.41) is 12.4. The summed E-state index contributed by atoms with van der Waals surface area (Å²) in [5.41, 5.74) is -0.992. The maximum Gasteiger partial charge on any atom is 0.329 e. The molecule has 19 heavy (non-hydrogen) atoms. The van der Waals surface area contributed by atoms with Gasteiger partial charge in [-0.25, -0.2) is 9.59 Å². The molecule has 0 spiro atoms. The lowest BCUT2D eigenvalue weighted by Gasteiger charge is -2.34. The zero-order valence-electron chi connectivity index (χ0n) is 12.2. The number of nitrogens with zero attached hydrogens (tertiary/aromatic N) is 1. The Hall–Kier alpha value is -1.26. The second-order valence-electron chi connectivity index (χ2n) is 5.54. The summed E-state index contributed by atoms with van der Waals surface area (Å²) in [6, 6.07) is -0.228. The number of nitrogens with one attached hydrogen (secondary N) is 1. The molecular weight excluding hydrogens is 244 g/mol. The maximum atomic E-state index is 12.2. The molecule has 2 N–H and O–H groups in total. The number of rotatable bonds is 6. The minimum Gasteiger partial charge on any atom is -0.479 e. The van der Waals surface area contributed by atoms with Crippen LogP contribution in [0.1, 0.15) is 52.9 Å². The minimum absolute atomic E-state index is 0.228. The summed E-state index contributed by atoms with van der Waals surface area (Å²) in [6.07, 6.45) is 3.62. The summed E-state index contributed by atoms with van der Waals surface area (Å²) in [4.78, 5) is 25.3. The highest BCUT2D eigenvalue weighted by atomic mass is 16.4. The molecule has 0 aromatic heterocycles. The van der Waals surface area contributed by atoms with Crippen LogP contribution in [0, 0.1) is 5.92 Å². The molecule has 1 heterocycles. The molecule has 0 aliphatic carbocycles. The van der Waals surface area contributed by atoms with Crippen LogP contribution in [-0.2, 0) is 4.79 Å². The zero-order chi connectivity index (χ0) is 14.5. The third-order valence-corrected chi connectivity index (χ3v) is 4.09. The highest BCUT2D eigenvalue weighted by Gasteiger charge is 2.49. The number of aliphatic carboxylic acids is 1. The first-order chi connectivity index (χ1) is 8.97. The smallest absolute Gasteiger partial charge is 0.329 e. The molecule has 0 aromatic rings. The Labute approximate surface area is 115 Å². The highest BCUT2D eigenvalue weighted by molar-refractivity contribution is 5.87. The zero-order valence-corrected chi connectivity index (χ0v) is 12.2. The first-order valence-electron chi connectivity index (χ1n) is 7.26. The number of carboxylic acids is 1. The van der Waals surface area contributed by atoms with Crippen molar-refractivity contribution in [3.8, 4) is 0 Å². The molecule has 0 saturated carbocycles. The molecule has 0 bridgehead atoms. The monoisotopic (exact) mass is 270 g/mol. The van der Waals surface area contributed by atoms with Gasteiger partial charge in [0.05, 0.1) is 0 Å². The van der Waals surface area contributed by atoms with Crippen molar-refractivity contribution in [2.75, 3.05) is 13.1 Å². The van der Waals surface area contributed by atoms with Crippen LogP contribution in [0.4, 0.5) is 4.79 Å². The topological polar surface area (TPSA) is 69.6 Å². The lowest BCUT2D eigenvalue weighted by molar-refractivity contribution is -0.148. The maximum absolute atomic E-state index is 12.2. The fourth-order valence-corrected chi connectivity index (χ4v) is 2.68. The molecule has 5 heteroatoms. The van der Waals surface area contributed by atoms with Crippen molar-refractivity contribution in [1.29, 1.82) is 0 Å². The molecule has 1 saturated heterocycles. The van der Waals surface area contributed by atoms with Crippen LogP contribution in [0.15, 0.2) is 0 Å². The van der Waals surface area contributed by atoms with Gasteiger partial charge in [0.25, 0.3) is 0 Å². The predicted molar refractivity (Wildman–Crippen MR) is 74.1 cm³/mol. The average Bonchev–Trinajstić information content (AvgIpc) is 2.81. The predicted octanol–water partition coefficient (Wildman–Crippen LogP) is 2.46. The van der Waals surface area contributed by atoms with Gasteiger partial charge in [0.15, 0.2) is 0 Å². The van der Waals surface area contributed by atoms with E-state index in [0.29, 0.717) is 31.8 Å². The second kappa shape index (κ2) is 6.78. The molecule has 2 atom stereocenters. The molecule has 2 unspecified atom stereocenters. The summed E-state index contributed by atoms with van der Waals surface area (Å²) in [7, 11) is 0. The molecule has 1 fully saturated rings. The van der Waals surface area contributed by atoms with Gasteiger partial charge in [-0.2, -0.15) is 0 Å². The highest BCUT2D eigenvalue weighted by Crippen LogP contribution is 2.34. The molecule has 110 valence electrons. The van der Waals surface area contributed by atoms with E-state index in [9.17, 15) is 14.7 Å². The van der Waals surface area contributed by atoms with Gasteiger partial charge in [0.1, 0.15) is 5.54 Å². The van der Waals surface area contributed by atoms with E-state index < -0.39 is 11.5 Å². The SMILES string of the molecule is CCCC1(C(=O)O)CCCN1C(=O)NCC(C)CC. The van der Waals surface area contributed by atoms with Gasteiger partial charge >= 0.3 is 12.0 Å². The van der Waals surface area contributed by atoms with E-state index in [4.69, 9.17) is 0 Å². The number of likely N-dealkylation sites (tertiary alicyclic amines) is 1. The van der Waals surface area contributed by atoms with E-state index in [1.807, 2.05) is 6.92 Å². The first kappa shape index (κ1) is 15.8. The molecule has 5 nitrogen and oxygen atoms in total. The Morgan fingerprint density at radius 3 is 2.63 bits per heavy atom. The summed E-state index contributed by atoms with van der Waals surface area (Å²) >= 11 is 0. The van der Waals surface area contributed by atoms with Crippen molar-refractivity contribution in [2.45, 2.75) is 58.4 Å². The van der Waals surface area contributed by atoms with Gasteiger partial charge in [-0.15, -0.1) is 0 Å². The Morgan fingerprint density at radius 2 is 2.11 bits per heavy atom.